The number of nitrogens with two attached hydrogens (primary N) is 1. The minimum atomic E-state index is -4.69. The van der Waals surface area contributed by atoms with Gasteiger partial charge in [0.15, 0.2) is 0 Å². The van der Waals surface area contributed by atoms with Crippen LogP contribution in [0.2, 0.25) is 0 Å². The van der Waals surface area contributed by atoms with E-state index in [0.717, 1.165) is 5.56 Å². The van der Waals surface area contributed by atoms with Crippen LogP contribution in [0.5, 0.6) is 5.75 Å². The molecule has 1 aromatic rings. The quantitative estimate of drug-likeness (QED) is 0.799. The van der Waals surface area contributed by atoms with Crippen molar-refractivity contribution in [2.24, 2.45) is 0 Å². The van der Waals surface area contributed by atoms with Gasteiger partial charge in [-0.15, -0.1) is 13.2 Å². The molecule has 110 valence electrons. The van der Waals surface area contributed by atoms with Crippen LogP contribution in [0.3, 0.4) is 0 Å². The highest BCUT2D eigenvalue weighted by atomic mass is 19.4. The molecule has 0 aliphatic carbocycles. The van der Waals surface area contributed by atoms with Gasteiger partial charge >= 0.3 is 6.36 Å². The average molecular weight is 277 g/mol. The normalized spacial score (nSPS) is 11.0. The van der Waals surface area contributed by atoms with Crippen molar-refractivity contribution < 1.29 is 17.9 Å². The maximum absolute atomic E-state index is 12.3. The summed E-state index contributed by atoms with van der Waals surface area (Å²) >= 11 is 0. The number of hydrogen-bond acceptors (Lipinski definition) is 2. The molecule has 1 aromatic carbocycles. The molecule has 0 saturated heterocycles. The van der Waals surface area contributed by atoms with Crippen molar-refractivity contribution in [1.82, 2.24) is 0 Å². The molecule has 0 aliphatic rings. The highest BCUT2D eigenvalue weighted by Crippen LogP contribution is 2.34. The standard InChI is InChI=1S/C12H16F3NO.C2H6/c1-4-9-10(7(2)3)5-8(16)6-11(9)17-12(13,14)15;1-2/h5-7H,4,16H2,1-3H3;1-2H3. The molecule has 19 heavy (non-hydrogen) atoms. The molecule has 0 heterocycles. The Balaban J connectivity index is 0.00000154. The van der Waals surface area contributed by atoms with E-state index in [1.165, 1.54) is 6.07 Å². The Labute approximate surface area is 112 Å². The molecule has 0 radical (unpaired) electrons. The number of ether oxygens (including phenoxy) is 1. The fourth-order valence-corrected chi connectivity index (χ4v) is 1.80. The van der Waals surface area contributed by atoms with E-state index < -0.39 is 6.36 Å². The zero-order valence-corrected chi connectivity index (χ0v) is 12.1. The topological polar surface area (TPSA) is 35.2 Å². The molecular formula is C14H22F3NO. The summed E-state index contributed by atoms with van der Waals surface area (Å²) in [6, 6.07) is 2.92. The van der Waals surface area contributed by atoms with Gasteiger partial charge in [0.25, 0.3) is 0 Å². The number of nitrogen functional groups attached to an aromatic ring is 1. The number of halogens is 3. The number of anilines is 1. The fourth-order valence-electron chi connectivity index (χ4n) is 1.80. The number of rotatable bonds is 3. The summed E-state index contributed by atoms with van der Waals surface area (Å²) in [7, 11) is 0. The molecule has 5 heteroatoms. The first kappa shape index (κ1) is 17.6. The van der Waals surface area contributed by atoms with Crippen molar-refractivity contribution in [3.8, 4) is 5.75 Å². The number of hydrogen-bond donors (Lipinski definition) is 1. The van der Waals surface area contributed by atoms with Gasteiger partial charge in [-0.1, -0.05) is 34.6 Å². The van der Waals surface area contributed by atoms with Crippen LogP contribution < -0.4 is 10.5 Å². The lowest BCUT2D eigenvalue weighted by Gasteiger charge is -2.18. The van der Waals surface area contributed by atoms with Gasteiger partial charge in [-0.3, -0.25) is 0 Å². The maximum Gasteiger partial charge on any atom is 0.573 e. The second-order valence-electron chi connectivity index (χ2n) is 4.14. The van der Waals surface area contributed by atoms with E-state index in [0.29, 0.717) is 12.0 Å². The summed E-state index contributed by atoms with van der Waals surface area (Å²) in [5.74, 6) is -0.0901. The number of alkyl halides is 3. The van der Waals surface area contributed by atoms with Gasteiger partial charge in [0.1, 0.15) is 5.75 Å². The van der Waals surface area contributed by atoms with Crippen LogP contribution in [0.25, 0.3) is 0 Å². The molecule has 0 aromatic heterocycles. The van der Waals surface area contributed by atoms with E-state index in [-0.39, 0.29) is 17.4 Å². The highest BCUT2D eigenvalue weighted by molar-refractivity contribution is 5.54. The molecule has 0 aliphatic heterocycles. The summed E-state index contributed by atoms with van der Waals surface area (Å²) in [5.41, 5.74) is 7.23. The van der Waals surface area contributed by atoms with Crippen molar-refractivity contribution in [3.05, 3.63) is 23.3 Å². The molecule has 0 bridgehead atoms. The lowest BCUT2D eigenvalue weighted by Crippen LogP contribution is -2.19. The molecular weight excluding hydrogens is 255 g/mol. The first-order chi connectivity index (χ1) is 8.74. The van der Waals surface area contributed by atoms with Crippen molar-refractivity contribution in [2.45, 2.75) is 53.3 Å². The van der Waals surface area contributed by atoms with E-state index in [9.17, 15) is 13.2 Å². The monoisotopic (exact) mass is 277 g/mol. The third-order valence-corrected chi connectivity index (χ3v) is 2.47. The van der Waals surface area contributed by atoms with Crippen molar-refractivity contribution >= 4 is 5.69 Å². The Morgan fingerprint density at radius 1 is 1.21 bits per heavy atom. The minimum Gasteiger partial charge on any atom is -0.405 e. The van der Waals surface area contributed by atoms with Gasteiger partial charge in [-0.05, 0) is 29.5 Å². The molecule has 1 rings (SSSR count). The Morgan fingerprint density at radius 3 is 2.11 bits per heavy atom. The average Bonchev–Trinajstić information content (AvgIpc) is 2.28. The van der Waals surface area contributed by atoms with Gasteiger partial charge in [-0.25, -0.2) is 0 Å². The van der Waals surface area contributed by atoms with Crippen LogP contribution in [-0.4, -0.2) is 6.36 Å². The molecule has 0 fully saturated rings. The Morgan fingerprint density at radius 2 is 1.74 bits per heavy atom. The van der Waals surface area contributed by atoms with Crippen molar-refractivity contribution in [2.75, 3.05) is 5.73 Å². The smallest absolute Gasteiger partial charge is 0.405 e. The molecule has 0 spiro atoms. The molecule has 0 saturated carbocycles. The zero-order valence-electron chi connectivity index (χ0n) is 12.1. The summed E-state index contributed by atoms with van der Waals surface area (Å²) < 4.78 is 40.8. The van der Waals surface area contributed by atoms with Gasteiger partial charge in [0, 0.05) is 11.8 Å². The SMILES string of the molecule is CC.CCc1c(OC(F)(F)F)cc(N)cc1C(C)C. The molecule has 2 nitrogen and oxygen atoms in total. The second-order valence-corrected chi connectivity index (χ2v) is 4.14. The zero-order chi connectivity index (χ0) is 15.2. The van der Waals surface area contributed by atoms with Gasteiger partial charge in [0.2, 0.25) is 0 Å². The van der Waals surface area contributed by atoms with Gasteiger partial charge in [0.05, 0.1) is 0 Å². The van der Waals surface area contributed by atoms with Crippen LogP contribution in [0, 0.1) is 0 Å². The molecule has 0 atom stereocenters. The summed E-state index contributed by atoms with van der Waals surface area (Å²) in [4.78, 5) is 0. The second kappa shape index (κ2) is 7.26. The van der Waals surface area contributed by atoms with Crippen LogP contribution in [0.15, 0.2) is 12.1 Å². The van der Waals surface area contributed by atoms with Crippen molar-refractivity contribution in [1.29, 1.82) is 0 Å². The fraction of sp³-hybridized carbons (Fsp3) is 0.571. The van der Waals surface area contributed by atoms with E-state index in [1.54, 1.807) is 13.0 Å². The van der Waals surface area contributed by atoms with Crippen LogP contribution in [0.1, 0.15) is 51.7 Å². The third kappa shape index (κ3) is 5.41. The first-order valence-electron chi connectivity index (χ1n) is 6.42. The predicted octanol–water partition coefficient (Wildman–Crippen LogP) is 4.88. The Kier molecular flexibility index (Phi) is 6.73. The van der Waals surface area contributed by atoms with E-state index in [4.69, 9.17) is 5.73 Å². The first-order valence-corrected chi connectivity index (χ1v) is 6.42. The predicted molar refractivity (Wildman–Crippen MR) is 72.4 cm³/mol. The summed E-state index contributed by atoms with van der Waals surface area (Å²) in [6.45, 7) is 9.61. The Hall–Kier alpha value is -1.39. The third-order valence-electron chi connectivity index (χ3n) is 2.47. The molecule has 0 unspecified atom stereocenters. The van der Waals surface area contributed by atoms with Gasteiger partial charge < -0.3 is 10.5 Å². The molecule has 0 amide bonds. The largest absolute Gasteiger partial charge is 0.573 e. The van der Waals surface area contributed by atoms with Crippen LogP contribution in [0.4, 0.5) is 18.9 Å². The highest BCUT2D eigenvalue weighted by Gasteiger charge is 2.32. The van der Waals surface area contributed by atoms with Gasteiger partial charge in [-0.2, -0.15) is 0 Å². The number of benzene rings is 1. The van der Waals surface area contributed by atoms with E-state index in [2.05, 4.69) is 4.74 Å². The van der Waals surface area contributed by atoms with E-state index in [1.807, 2.05) is 27.7 Å². The van der Waals surface area contributed by atoms with Crippen LogP contribution in [-0.2, 0) is 6.42 Å². The summed E-state index contributed by atoms with van der Waals surface area (Å²) in [5, 5.41) is 0. The maximum atomic E-state index is 12.3. The lowest BCUT2D eigenvalue weighted by atomic mass is 9.94. The lowest BCUT2D eigenvalue weighted by molar-refractivity contribution is -0.274. The van der Waals surface area contributed by atoms with Crippen LogP contribution >= 0.6 is 0 Å². The summed E-state index contributed by atoms with van der Waals surface area (Å²) in [6.07, 6.45) is -4.22. The van der Waals surface area contributed by atoms with Crippen molar-refractivity contribution in [3.63, 3.8) is 0 Å². The minimum absolute atomic E-state index is 0.101. The Bertz CT molecular complexity index is 400. The van der Waals surface area contributed by atoms with E-state index >= 15 is 0 Å². The molecule has 2 N–H and O–H groups in total.